The van der Waals surface area contributed by atoms with Gasteiger partial charge in [0.25, 0.3) is 0 Å². The van der Waals surface area contributed by atoms with E-state index >= 15 is 0 Å². The predicted octanol–water partition coefficient (Wildman–Crippen LogP) is 4.44. The first-order valence-electron chi connectivity index (χ1n) is 9.86. The number of rotatable bonds is 2. The number of phenolic OH excluding ortho intramolecular Hbond substituents is 3. The van der Waals surface area contributed by atoms with E-state index in [1.54, 1.807) is 0 Å². The first-order chi connectivity index (χ1) is 16.2. The maximum absolute atomic E-state index is 14.7. The lowest BCUT2D eigenvalue weighted by Gasteiger charge is -2.26. The van der Waals surface area contributed by atoms with Gasteiger partial charge in [-0.1, -0.05) is 6.07 Å². The van der Waals surface area contributed by atoms with Crippen LogP contribution in [0.15, 0.2) is 51.7 Å². The van der Waals surface area contributed by atoms with Crippen molar-refractivity contribution >= 4 is 16.9 Å². The zero-order valence-electron chi connectivity index (χ0n) is 16.9. The molecule has 3 aromatic carbocycles. The highest BCUT2D eigenvalue weighted by Crippen LogP contribution is 2.47. The maximum atomic E-state index is 14.7. The standard InChI is InChI=1S/C24H13F3O7/c25-12-3-2-10(22(26)23(12)27)11-6-19(32)33-18-8-16(31)21-15(30)7-17(34-24(21)20(11)18)9-1-4-13(28)14(29)5-9/h1-5,7-8,11,28-29,31H,6H2/t11-/m0/s1. The minimum atomic E-state index is -1.73. The third kappa shape index (κ3) is 3.22. The quantitative estimate of drug-likeness (QED) is 0.172. The SMILES string of the molecule is O=C1C[C@@H](c2ccc(F)c(F)c2F)c2c(cc(O)c3c(=O)cc(-c4ccc(O)c(O)c4)oc23)O1. The Kier molecular flexibility index (Phi) is 4.75. The molecule has 10 heteroatoms. The molecule has 0 bridgehead atoms. The third-order valence-corrected chi connectivity index (χ3v) is 5.63. The van der Waals surface area contributed by atoms with Crippen LogP contribution in [0.2, 0.25) is 0 Å². The maximum Gasteiger partial charge on any atom is 0.312 e. The number of ether oxygens (including phenoxy) is 1. The summed E-state index contributed by atoms with van der Waals surface area (Å²) < 4.78 is 53.2. The zero-order chi connectivity index (χ0) is 24.3. The number of carbonyl (C=O) groups excluding carboxylic acids is 1. The number of esters is 1. The lowest BCUT2D eigenvalue weighted by Crippen LogP contribution is -2.23. The van der Waals surface area contributed by atoms with Gasteiger partial charge in [0.1, 0.15) is 28.2 Å². The molecule has 0 unspecified atom stereocenters. The van der Waals surface area contributed by atoms with Crippen LogP contribution in [0.25, 0.3) is 22.3 Å². The van der Waals surface area contributed by atoms with Crippen LogP contribution in [0.4, 0.5) is 13.2 Å². The van der Waals surface area contributed by atoms with E-state index in [0.717, 1.165) is 30.3 Å². The summed E-state index contributed by atoms with van der Waals surface area (Å²) in [6.07, 6.45) is -0.483. The van der Waals surface area contributed by atoms with Gasteiger partial charge in [-0.2, -0.15) is 0 Å². The molecule has 0 fully saturated rings. The van der Waals surface area contributed by atoms with Crippen molar-refractivity contribution in [2.24, 2.45) is 0 Å². The van der Waals surface area contributed by atoms with Crippen molar-refractivity contribution in [2.75, 3.05) is 0 Å². The highest BCUT2D eigenvalue weighted by molar-refractivity contribution is 5.93. The average Bonchev–Trinajstić information content (AvgIpc) is 2.78. The van der Waals surface area contributed by atoms with Crippen molar-refractivity contribution in [2.45, 2.75) is 12.3 Å². The van der Waals surface area contributed by atoms with Crippen molar-refractivity contribution < 1.29 is 42.4 Å². The molecular formula is C24H13F3O7. The molecule has 1 aliphatic rings. The van der Waals surface area contributed by atoms with Gasteiger partial charge >= 0.3 is 5.97 Å². The van der Waals surface area contributed by atoms with Crippen LogP contribution in [0.5, 0.6) is 23.0 Å². The molecule has 4 aromatic rings. The number of fused-ring (bicyclic) bond motifs is 3. The zero-order valence-corrected chi connectivity index (χ0v) is 16.9. The Bertz CT molecular complexity index is 1580. The van der Waals surface area contributed by atoms with Crippen molar-refractivity contribution in [3.05, 3.63) is 81.3 Å². The second-order valence-corrected chi connectivity index (χ2v) is 7.69. The fourth-order valence-corrected chi connectivity index (χ4v) is 4.05. The van der Waals surface area contributed by atoms with E-state index < -0.39 is 58.4 Å². The fourth-order valence-electron chi connectivity index (χ4n) is 4.05. The number of carbonyl (C=O) groups is 1. The summed E-state index contributed by atoms with van der Waals surface area (Å²) in [5.41, 5.74) is -1.22. The number of halogens is 3. The predicted molar refractivity (Wildman–Crippen MR) is 111 cm³/mol. The van der Waals surface area contributed by atoms with Crippen LogP contribution in [0, 0.1) is 17.5 Å². The summed E-state index contributed by atoms with van der Waals surface area (Å²) in [4.78, 5) is 25.1. The van der Waals surface area contributed by atoms with Gasteiger partial charge in [0.2, 0.25) is 0 Å². The molecule has 0 saturated carbocycles. The van der Waals surface area contributed by atoms with E-state index in [9.17, 15) is 38.1 Å². The van der Waals surface area contributed by atoms with Crippen LogP contribution in [-0.4, -0.2) is 21.3 Å². The largest absolute Gasteiger partial charge is 0.507 e. The Morgan fingerprint density at radius 3 is 2.35 bits per heavy atom. The van der Waals surface area contributed by atoms with E-state index in [1.165, 1.54) is 6.07 Å². The Morgan fingerprint density at radius 2 is 1.62 bits per heavy atom. The highest BCUT2D eigenvalue weighted by Gasteiger charge is 2.36. The monoisotopic (exact) mass is 470 g/mol. The molecule has 0 amide bonds. The van der Waals surface area contributed by atoms with Gasteiger partial charge in [-0.3, -0.25) is 9.59 Å². The van der Waals surface area contributed by atoms with E-state index in [0.29, 0.717) is 6.07 Å². The molecule has 172 valence electrons. The molecule has 5 rings (SSSR count). The number of phenols is 3. The van der Waals surface area contributed by atoms with Gasteiger partial charge in [0.15, 0.2) is 34.4 Å². The molecule has 0 spiro atoms. The first-order valence-corrected chi connectivity index (χ1v) is 9.86. The van der Waals surface area contributed by atoms with Crippen molar-refractivity contribution in [1.29, 1.82) is 0 Å². The first kappa shape index (κ1) is 21.4. The molecule has 7 nitrogen and oxygen atoms in total. The number of hydrogen-bond donors (Lipinski definition) is 3. The third-order valence-electron chi connectivity index (χ3n) is 5.63. The molecule has 0 aliphatic carbocycles. The van der Waals surface area contributed by atoms with E-state index in [1.807, 2.05) is 0 Å². The van der Waals surface area contributed by atoms with E-state index in [2.05, 4.69) is 0 Å². The Morgan fingerprint density at radius 1 is 0.853 bits per heavy atom. The lowest BCUT2D eigenvalue weighted by molar-refractivity contribution is -0.135. The minimum Gasteiger partial charge on any atom is -0.507 e. The topological polar surface area (TPSA) is 117 Å². The second-order valence-electron chi connectivity index (χ2n) is 7.69. The summed E-state index contributed by atoms with van der Waals surface area (Å²) in [6, 6.07) is 7.33. The smallest absolute Gasteiger partial charge is 0.312 e. The Balaban J connectivity index is 1.84. The molecule has 0 radical (unpaired) electrons. The number of hydrogen-bond acceptors (Lipinski definition) is 7. The van der Waals surface area contributed by atoms with Crippen LogP contribution in [0.3, 0.4) is 0 Å². The molecule has 34 heavy (non-hydrogen) atoms. The molecular weight excluding hydrogens is 457 g/mol. The van der Waals surface area contributed by atoms with Crippen LogP contribution < -0.4 is 10.2 Å². The summed E-state index contributed by atoms with van der Waals surface area (Å²) in [7, 11) is 0. The van der Waals surface area contributed by atoms with Crippen molar-refractivity contribution in [3.8, 4) is 34.3 Å². The van der Waals surface area contributed by atoms with Gasteiger partial charge < -0.3 is 24.5 Å². The molecule has 1 aromatic heterocycles. The fraction of sp³-hybridized carbons (Fsp3) is 0.0833. The molecule has 3 N–H and O–H groups in total. The molecule has 2 heterocycles. The Hall–Kier alpha value is -4.47. The molecule has 1 atom stereocenters. The Labute approximate surface area is 187 Å². The summed E-state index contributed by atoms with van der Waals surface area (Å²) in [6.45, 7) is 0. The minimum absolute atomic E-state index is 0.0285. The van der Waals surface area contributed by atoms with Gasteiger partial charge in [-0.15, -0.1) is 0 Å². The normalized spacial score (nSPS) is 15.3. The number of aromatic hydroxyl groups is 3. The van der Waals surface area contributed by atoms with E-state index in [-0.39, 0.29) is 39.2 Å². The van der Waals surface area contributed by atoms with Crippen LogP contribution in [-0.2, 0) is 4.79 Å². The van der Waals surface area contributed by atoms with Gasteiger partial charge in [-0.25, -0.2) is 13.2 Å². The van der Waals surface area contributed by atoms with Crippen LogP contribution in [0.1, 0.15) is 23.5 Å². The summed E-state index contributed by atoms with van der Waals surface area (Å²) in [5, 5.41) is 29.5. The summed E-state index contributed by atoms with van der Waals surface area (Å²) >= 11 is 0. The number of benzene rings is 3. The summed E-state index contributed by atoms with van der Waals surface area (Å²) in [5.74, 6) is -8.57. The second kappa shape index (κ2) is 7.55. The average molecular weight is 470 g/mol. The van der Waals surface area contributed by atoms with Crippen molar-refractivity contribution in [3.63, 3.8) is 0 Å². The van der Waals surface area contributed by atoms with Gasteiger partial charge in [0.05, 0.1) is 6.42 Å². The highest BCUT2D eigenvalue weighted by atomic mass is 19.2. The van der Waals surface area contributed by atoms with Crippen LogP contribution >= 0.6 is 0 Å². The lowest BCUT2D eigenvalue weighted by atomic mass is 9.84. The van der Waals surface area contributed by atoms with E-state index in [4.69, 9.17) is 9.15 Å². The molecule has 1 aliphatic heterocycles. The molecule has 0 saturated heterocycles. The van der Waals surface area contributed by atoms with Gasteiger partial charge in [-0.05, 0) is 29.8 Å². The van der Waals surface area contributed by atoms with Crippen molar-refractivity contribution in [1.82, 2.24) is 0 Å². The van der Waals surface area contributed by atoms with Gasteiger partial charge in [0, 0.05) is 29.2 Å².